The molecule has 0 radical (unpaired) electrons. The largest absolute Gasteiger partial charge is 0.301 e. The van der Waals surface area contributed by atoms with E-state index < -0.39 is 10.1 Å². The molecule has 1 aliphatic carbocycles. The second-order valence-corrected chi connectivity index (χ2v) is 3.78. The fraction of sp³-hybridized carbons (Fsp3) is 0.125. The number of allylic oxidation sites excluding steroid dienone is 4. The Labute approximate surface area is 71.2 Å². The van der Waals surface area contributed by atoms with Gasteiger partial charge in [-0.2, -0.15) is 8.42 Å². The van der Waals surface area contributed by atoms with E-state index in [2.05, 4.69) is 5.73 Å². The zero-order valence-electron chi connectivity index (χ0n) is 6.48. The van der Waals surface area contributed by atoms with E-state index >= 15 is 0 Å². The lowest BCUT2D eigenvalue weighted by Gasteiger charge is -1.90. The van der Waals surface area contributed by atoms with Crippen molar-refractivity contribution >= 4 is 10.1 Å². The molecule has 0 aliphatic heterocycles. The van der Waals surface area contributed by atoms with Crippen LogP contribution in [-0.2, 0) is 10.1 Å². The Morgan fingerprint density at radius 1 is 1.42 bits per heavy atom. The molecular formula is C8H8O3S. The van der Waals surface area contributed by atoms with Crippen molar-refractivity contribution in [2.24, 2.45) is 0 Å². The van der Waals surface area contributed by atoms with E-state index in [1.165, 1.54) is 12.2 Å². The van der Waals surface area contributed by atoms with Crippen LogP contribution in [0.3, 0.4) is 0 Å². The summed E-state index contributed by atoms with van der Waals surface area (Å²) in [5.74, 6) is 0. The second kappa shape index (κ2) is 3.11. The zero-order valence-corrected chi connectivity index (χ0v) is 7.30. The van der Waals surface area contributed by atoms with Gasteiger partial charge < -0.3 is 0 Å². The van der Waals surface area contributed by atoms with Crippen LogP contribution in [0.5, 0.6) is 0 Å². The second-order valence-electron chi connectivity index (χ2n) is 2.39. The molecule has 0 spiro atoms. The lowest BCUT2D eigenvalue weighted by molar-refractivity contribution is 0.492. The highest BCUT2D eigenvalue weighted by atomic mass is 32.2. The molecule has 1 N–H and O–H groups in total. The maximum Gasteiger partial charge on any atom is 0.301 e. The minimum absolute atomic E-state index is 0.212. The van der Waals surface area contributed by atoms with Gasteiger partial charge in [-0.15, -0.1) is 0 Å². The number of rotatable bonds is 1. The van der Waals surface area contributed by atoms with E-state index in [4.69, 9.17) is 4.55 Å². The quantitative estimate of drug-likeness (QED) is 0.495. The average Bonchev–Trinajstić information content (AvgIpc) is 2.11. The number of hydrogen-bond acceptors (Lipinski definition) is 2. The third-order valence-electron chi connectivity index (χ3n) is 1.35. The van der Waals surface area contributed by atoms with Crippen molar-refractivity contribution in [2.45, 2.75) is 6.92 Å². The lowest BCUT2D eigenvalue weighted by atomic mass is 10.3. The van der Waals surface area contributed by atoms with Crippen LogP contribution < -0.4 is 0 Å². The Morgan fingerprint density at radius 2 is 2.08 bits per heavy atom. The summed E-state index contributed by atoms with van der Waals surface area (Å²) >= 11 is 0. The summed E-state index contributed by atoms with van der Waals surface area (Å²) in [6, 6.07) is 0. The van der Waals surface area contributed by atoms with Gasteiger partial charge in [0.25, 0.3) is 0 Å². The summed E-state index contributed by atoms with van der Waals surface area (Å²) in [7, 11) is -4.12. The first-order valence-electron chi connectivity index (χ1n) is 3.29. The summed E-state index contributed by atoms with van der Waals surface area (Å²) in [5, 5.41) is 0. The molecule has 0 bridgehead atoms. The minimum atomic E-state index is -4.12. The van der Waals surface area contributed by atoms with E-state index in [1.54, 1.807) is 12.2 Å². The molecule has 0 unspecified atom stereocenters. The molecule has 0 aromatic carbocycles. The van der Waals surface area contributed by atoms with Gasteiger partial charge >= 0.3 is 10.1 Å². The van der Waals surface area contributed by atoms with Gasteiger partial charge in [0, 0.05) is 0 Å². The summed E-state index contributed by atoms with van der Waals surface area (Å²) in [6.45, 7) is 1.82. The minimum Gasteiger partial charge on any atom is -0.281 e. The molecule has 0 atom stereocenters. The van der Waals surface area contributed by atoms with Gasteiger partial charge in [0.2, 0.25) is 0 Å². The molecule has 3 nitrogen and oxygen atoms in total. The van der Waals surface area contributed by atoms with Crippen LogP contribution in [0.4, 0.5) is 0 Å². The van der Waals surface area contributed by atoms with Crippen molar-refractivity contribution < 1.29 is 13.0 Å². The molecule has 0 saturated heterocycles. The summed E-state index contributed by atoms with van der Waals surface area (Å²) in [6.07, 6.45) is 6.07. The highest BCUT2D eigenvalue weighted by molar-refractivity contribution is 7.90. The molecule has 0 aromatic rings. The first-order chi connectivity index (χ1) is 5.50. The van der Waals surface area contributed by atoms with E-state index in [9.17, 15) is 8.42 Å². The third-order valence-corrected chi connectivity index (χ3v) is 2.16. The Kier molecular flexibility index (Phi) is 2.33. The predicted molar refractivity (Wildman–Crippen MR) is 46.0 cm³/mol. The average molecular weight is 184 g/mol. The van der Waals surface area contributed by atoms with Crippen molar-refractivity contribution in [3.63, 3.8) is 0 Å². The Hall–Kier alpha value is -1.09. The molecule has 0 fully saturated rings. The van der Waals surface area contributed by atoms with Gasteiger partial charge in [-0.25, -0.2) is 0 Å². The maximum absolute atomic E-state index is 10.6. The molecule has 0 amide bonds. The van der Waals surface area contributed by atoms with Crippen molar-refractivity contribution in [1.29, 1.82) is 0 Å². The van der Waals surface area contributed by atoms with Crippen LogP contribution in [-0.4, -0.2) is 13.0 Å². The molecule has 64 valence electrons. The van der Waals surface area contributed by atoms with E-state index in [0.717, 1.165) is 5.57 Å². The highest BCUT2D eigenvalue weighted by Gasteiger charge is 2.09. The molecule has 12 heavy (non-hydrogen) atoms. The SMILES string of the molecule is CC1=CC=C=C(S(=O)(=O)O)C=C1. The molecule has 1 aliphatic rings. The van der Waals surface area contributed by atoms with E-state index in [0.29, 0.717) is 0 Å². The maximum atomic E-state index is 10.6. The van der Waals surface area contributed by atoms with Gasteiger partial charge in [0.05, 0.1) is 0 Å². The lowest BCUT2D eigenvalue weighted by Crippen LogP contribution is -1.97. The van der Waals surface area contributed by atoms with Crippen molar-refractivity contribution in [3.8, 4) is 0 Å². The smallest absolute Gasteiger partial charge is 0.281 e. The van der Waals surface area contributed by atoms with Gasteiger partial charge in [-0.3, -0.25) is 4.55 Å². The van der Waals surface area contributed by atoms with Crippen LogP contribution >= 0.6 is 0 Å². The number of hydrogen-bond donors (Lipinski definition) is 1. The molecule has 0 aromatic heterocycles. The molecule has 1 rings (SSSR count). The molecule has 4 heteroatoms. The van der Waals surface area contributed by atoms with Crippen LogP contribution in [0.25, 0.3) is 0 Å². The summed E-state index contributed by atoms with van der Waals surface area (Å²) < 4.78 is 29.8. The normalized spacial score (nSPS) is 16.8. The zero-order chi connectivity index (χ0) is 9.19. The van der Waals surface area contributed by atoms with Gasteiger partial charge in [0.1, 0.15) is 4.91 Å². The van der Waals surface area contributed by atoms with Crippen LogP contribution in [0.1, 0.15) is 6.92 Å². The van der Waals surface area contributed by atoms with Crippen molar-refractivity contribution in [3.05, 3.63) is 40.5 Å². The predicted octanol–water partition coefficient (Wildman–Crippen LogP) is 1.43. The summed E-state index contributed by atoms with van der Waals surface area (Å²) in [4.78, 5) is -0.212. The Balaban J connectivity index is 3.18. The molecule has 0 heterocycles. The van der Waals surface area contributed by atoms with Gasteiger partial charge in [-0.05, 0) is 19.1 Å². The highest BCUT2D eigenvalue weighted by Crippen LogP contribution is 2.09. The fourth-order valence-corrected chi connectivity index (χ4v) is 1.18. The Morgan fingerprint density at radius 3 is 2.67 bits per heavy atom. The first kappa shape index (κ1) is 9.00. The summed E-state index contributed by atoms with van der Waals surface area (Å²) in [5.41, 5.74) is 3.35. The monoisotopic (exact) mass is 184 g/mol. The van der Waals surface area contributed by atoms with Crippen molar-refractivity contribution in [2.75, 3.05) is 0 Å². The fourth-order valence-electron chi connectivity index (χ4n) is 0.726. The molecule has 0 saturated carbocycles. The van der Waals surface area contributed by atoms with Gasteiger partial charge in [-0.1, -0.05) is 23.5 Å². The molecular weight excluding hydrogens is 176 g/mol. The van der Waals surface area contributed by atoms with Crippen LogP contribution in [0.2, 0.25) is 0 Å². The van der Waals surface area contributed by atoms with E-state index in [-0.39, 0.29) is 4.91 Å². The van der Waals surface area contributed by atoms with E-state index in [1.807, 2.05) is 6.92 Å². The Bertz CT molecular complexity index is 404. The topological polar surface area (TPSA) is 54.4 Å². The standard InChI is InChI=1S/C8H8O3S/c1-7-3-2-4-8(6-5-7)12(9,10)11/h2-3,5-6H,1H3,(H,9,10,11). The third kappa shape index (κ3) is 2.20. The van der Waals surface area contributed by atoms with Crippen molar-refractivity contribution in [1.82, 2.24) is 0 Å². The van der Waals surface area contributed by atoms with Crippen LogP contribution in [0.15, 0.2) is 40.5 Å². The van der Waals surface area contributed by atoms with Gasteiger partial charge in [0.15, 0.2) is 0 Å². The first-order valence-corrected chi connectivity index (χ1v) is 4.73. The van der Waals surface area contributed by atoms with Crippen LogP contribution in [0, 0.1) is 0 Å².